The van der Waals surface area contributed by atoms with Gasteiger partial charge >= 0.3 is 0 Å². The largest absolute Gasteiger partial charge is 0.425 e. The molecule has 76 valence electrons. The lowest BCUT2D eigenvalue weighted by molar-refractivity contribution is 0.166. The lowest BCUT2D eigenvalue weighted by Crippen LogP contribution is -2.19. The molecule has 2 rings (SSSR count). The molecule has 1 heterocycles. The van der Waals surface area contributed by atoms with E-state index in [9.17, 15) is 10.0 Å². The Morgan fingerprint density at radius 2 is 1.73 bits per heavy atom. The maximum Gasteiger partial charge on any atom is 0.283 e. The van der Waals surface area contributed by atoms with Gasteiger partial charge in [0.25, 0.3) is 5.56 Å². The zero-order chi connectivity index (χ0) is 10.7. The Balaban J connectivity index is 2.33. The van der Waals surface area contributed by atoms with E-state index in [-0.39, 0.29) is 0 Å². The lowest BCUT2D eigenvalue weighted by atomic mass is 10.1. The molecule has 0 amide bonds. The van der Waals surface area contributed by atoms with Crippen molar-refractivity contribution in [2.45, 2.75) is 6.42 Å². The van der Waals surface area contributed by atoms with Gasteiger partial charge in [-0.1, -0.05) is 36.4 Å². The first kappa shape index (κ1) is 9.52. The van der Waals surface area contributed by atoms with Crippen LogP contribution in [0.1, 0.15) is 11.3 Å². The first-order valence-corrected chi connectivity index (χ1v) is 4.71. The summed E-state index contributed by atoms with van der Waals surface area (Å²) in [5.74, 6) is 0. The summed E-state index contributed by atoms with van der Waals surface area (Å²) in [6.07, 6.45) is 0.549. The fraction of sp³-hybridized carbons (Fsp3) is 0.0833. The highest BCUT2D eigenvalue weighted by Gasteiger charge is 2.01. The van der Waals surface area contributed by atoms with E-state index >= 15 is 0 Å². The molecule has 0 unspecified atom stereocenters. The summed E-state index contributed by atoms with van der Waals surface area (Å²) in [4.78, 5) is 11.1. The van der Waals surface area contributed by atoms with Crippen molar-refractivity contribution in [2.75, 3.05) is 0 Å². The molecule has 0 saturated carbocycles. The summed E-state index contributed by atoms with van der Waals surface area (Å²) in [5, 5.41) is 9.46. The van der Waals surface area contributed by atoms with Crippen molar-refractivity contribution >= 4 is 0 Å². The molecule has 1 aromatic carbocycles. The zero-order valence-electron chi connectivity index (χ0n) is 8.13. The third-order valence-corrected chi connectivity index (χ3v) is 2.24. The van der Waals surface area contributed by atoms with Crippen molar-refractivity contribution in [3.8, 4) is 0 Å². The summed E-state index contributed by atoms with van der Waals surface area (Å²) < 4.78 is 0.688. The van der Waals surface area contributed by atoms with Crippen molar-refractivity contribution in [1.82, 2.24) is 4.73 Å². The molecular formula is C12H11NO2. The van der Waals surface area contributed by atoms with E-state index in [1.54, 1.807) is 12.1 Å². The van der Waals surface area contributed by atoms with E-state index in [4.69, 9.17) is 0 Å². The minimum atomic E-state index is -0.400. The molecule has 1 N–H and O–H groups in total. The number of pyridine rings is 1. The van der Waals surface area contributed by atoms with Gasteiger partial charge in [-0.05, 0) is 11.6 Å². The molecule has 15 heavy (non-hydrogen) atoms. The first-order chi connectivity index (χ1) is 7.27. The van der Waals surface area contributed by atoms with Gasteiger partial charge in [-0.15, -0.1) is 0 Å². The zero-order valence-corrected chi connectivity index (χ0v) is 8.13. The molecule has 2 aromatic rings. The van der Waals surface area contributed by atoms with E-state index < -0.39 is 5.56 Å². The van der Waals surface area contributed by atoms with Crippen LogP contribution in [-0.4, -0.2) is 9.94 Å². The van der Waals surface area contributed by atoms with Crippen LogP contribution in [0.2, 0.25) is 0 Å². The minimum absolute atomic E-state index is 0.400. The van der Waals surface area contributed by atoms with Crippen LogP contribution >= 0.6 is 0 Å². The highest BCUT2D eigenvalue weighted by atomic mass is 16.5. The molecule has 3 heteroatoms. The topological polar surface area (TPSA) is 42.2 Å². The fourth-order valence-electron chi connectivity index (χ4n) is 1.46. The van der Waals surface area contributed by atoms with Gasteiger partial charge in [-0.3, -0.25) is 4.79 Å². The van der Waals surface area contributed by atoms with Gasteiger partial charge in [0.1, 0.15) is 0 Å². The number of benzene rings is 1. The van der Waals surface area contributed by atoms with Crippen LogP contribution in [-0.2, 0) is 6.42 Å². The van der Waals surface area contributed by atoms with Gasteiger partial charge in [0, 0.05) is 12.5 Å². The second-order valence-corrected chi connectivity index (χ2v) is 3.33. The van der Waals surface area contributed by atoms with E-state index in [0.29, 0.717) is 16.8 Å². The first-order valence-electron chi connectivity index (χ1n) is 4.71. The molecular weight excluding hydrogens is 190 g/mol. The van der Waals surface area contributed by atoms with Crippen molar-refractivity contribution in [2.24, 2.45) is 0 Å². The van der Waals surface area contributed by atoms with Crippen LogP contribution in [0.25, 0.3) is 0 Å². The van der Waals surface area contributed by atoms with Gasteiger partial charge < -0.3 is 5.21 Å². The van der Waals surface area contributed by atoms with Crippen LogP contribution in [0.3, 0.4) is 0 Å². The molecule has 0 radical (unpaired) electrons. The number of rotatable bonds is 2. The molecule has 0 fully saturated rings. The summed E-state index contributed by atoms with van der Waals surface area (Å²) >= 11 is 0. The summed E-state index contributed by atoms with van der Waals surface area (Å²) in [5.41, 5.74) is 1.25. The van der Waals surface area contributed by atoms with Crippen molar-refractivity contribution in [1.29, 1.82) is 0 Å². The lowest BCUT2D eigenvalue weighted by Gasteiger charge is -2.05. The molecule has 0 aliphatic rings. The van der Waals surface area contributed by atoms with Gasteiger partial charge in [0.2, 0.25) is 0 Å². The van der Waals surface area contributed by atoms with Crippen molar-refractivity contribution in [3.05, 3.63) is 70.1 Å². The number of nitrogens with zero attached hydrogens (tertiary/aromatic N) is 1. The third kappa shape index (κ3) is 2.07. The second kappa shape index (κ2) is 4.00. The average Bonchev–Trinajstić information content (AvgIpc) is 2.26. The van der Waals surface area contributed by atoms with Gasteiger partial charge in [0.05, 0.1) is 5.69 Å². The highest BCUT2D eigenvalue weighted by Crippen LogP contribution is 2.06. The van der Waals surface area contributed by atoms with Crippen LogP contribution in [0.5, 0.6) is 0 Å². The van der Waals surface area contributed by atoms with E-state index in [1.807, 2.05) is 30.3 Å². The van der Waals surface area contributed by atoms with Crippen LogP contribution in [0.15, 0.2) is 53.3 Å². The van der Waals surface area contributed by atoms with E-state index in [2.05, 4.69) is 0 Å². The van der Waals surface area contributed by atoms with Crippen LogP contribution in [0, 0.1) is 0 Å². The number of hydrogen-bond donors (Lipinski definition) is 1. The maximum atomic E-state index is 11.1. The second-order valence-electron chi connectivity index (χ2n) is 3.33. The molecule has 0 bridgehead atoms. The smallest absolute Gasteiger partial charge is 0.283 e. The number of aromatic nitrogens is 1. The molecule has 0 atom stereocenters. The summed E-state index contributed by atoms with van der Waals surface area (Å²) in [7, 11) is 0. The fourth-order valence-corrected chi connectivity index (χ4v) is 1.46. The van der Waals surface area contributed by atoms with Gasteiger partial charge in [-0.25, -0.2) is 0 Å². The molecule has 0 saturated heterocycles. The Hall–Kier alpha value is -2.03. The Morgan fingerprint density at radius 3 is 2.47 bits per heavy atom. The van der Waals surface area contributed by atoms with Crippen LogP contribution < -0.4 is 5.56 Å². The SMILES string of the molecule is O=c1cccc(Cc2ccccc2)n1O. The normalized spacial score (nSPS) is 10.1. The maximum absolute atomic E-state index is 11.1. The molecule has 0 aliphatic heterocycles. The van der Waals surface area contributed by atoms with Crippen LogP contribution in [0.4, 0.5) is 0 Å². The monoisotopic (exact) mass is 201 g/mol. The molecule has 0 aliphatic carbocycles. The predicted molar refractivity (Wildman–Crippen MR) is 57.1 cm³/mol. The molecule has 3 nitrogen and oxygen atoms in total. The quantitative estimate of drug-likeness (QED) is 0.751. The summed E-state index contributed by atoms with van der Waals surface area (Å²) in [6, 6.07) is 14.4. The standard InChI is InChI=1S/C12H11NO2/c14-12-8-4-7-11(13(12)15)9-10-5-2-1-3-6-10/h1-8,15H,9H2. The Kier molecular flexibility index (Phi) is 2.54. The van der Waals surface area contributed by atoms with Crippen molar-refractivity contribution < 1.29 is 5.21 Å². The molecule has 0 spiro atoms. The minimum Gasteiger partial charge on any atom is -0.425 e. The summed E-state index contributed by atoms with van der Waals surface area (Å²) in [6.45, 7) is 0. The Morgan fingerprint density at radius 1 is 1.00 bits per heavy atom. The average molecular weight is 201 g/mol. The van der Waals surface area contributed by atoms with E-state index in [0.717, 1.165) is 5.56 Å². The van der Waals surface area contributed by atoms with Gasteiger partial charge in [-0.2, -0.15) is 4.73 Å². The third-order valence-electron chi connectivity index (χ3n) is 2.24. The predicted octanol–water partition coefficient (Wildman–Crippen LogP) is 1.68. The van der Waals surface area contributed by atoms with E-state index in [1.165, 1.54) is 6.07 Å². The van der Waals surface area contributed by atoms with Gasteiger partial charge in [0.15, 0.2) is 0 Å². The highest BCUT2D eigenvalue weighted by molar-refractivity contribution is 5.21. The Bertz CT molecular complexity index is 503. The molecule has 1 aromatic heterocycles. The number of hydrogen-bond acceptors (Lipinski definition) is 2. The Labute approximate surface area is 87.2 Å². The van der Waals surface area contributed by atoms with Crippen molar-refractivity contribution in [3.63, 3.8) is 0 Å².